The zero-order valence-electron chi connectivity index (χ0n) is 14.3. The van der Waals surface area contributed by atoms with Gasteiger partial charge < -0.3 is 24.7 Å². The van der Waals surface area contributed by atoms with Crippen molar-refractivity contribution in [3.63, 3.8) is 0 Å². The number of amides is 2. The number of carbonyl (C=O) groups is 1. The molecule has 2 rings (SSSR count). The van der Waals surface area contributed by atoms with Crippen molar-refractivity contribution in [1.82, 2.24) is 15.8 Å². The molecule has 2 aromatic rings. The average Bonchev–Trinajstić information content (AvgIpc) is 3.24. The van der Waals surface area contributed by atoms with E-state index in [2.05, 4.69) is 29.6 Å². The lowest BCUT2D eigenvalue weighted by Crippen LogP contribution is -2.43. The molecule has 132 valence electrons. The summed E-state index contributed by atoms with van der Waals surface area (Å²) in [5, 5.41) is 19.6. The molecule has 1 atom stereocenters. The summed E-state index contributed by atoms with van der Waals surface area (Å²) in [6, 6.07) is 4.82. The fraction of sp³-hybridized carbons (Fsp3) is 0.529. The number of hydrogen-bond acceptors (Lipinski definition) is 5. The summed E-state index contributed by atoms with van der Waals surface area (Å²) in [4.78, 5) is 11.9. The molecule has 0 saturated heterocycles. The molecule has 0 aromatic carbocycles. The fourth-order valence-electron chi connectivity index (χ4n) is 2.47. The van der Waals surface area contributed by atoms with Gasteiger partial charge in [-0.15, -0.1) is 0 Å². The zero-order valence-corrected chi connectivity index (χ0v) is 14.3. The topological polar surface area (TPSA) is 101 Å². The van der Waals surface area contributed by atoms with Crippen LogP contribution in [0.15, 0.2) is 33.4 Å². The van der Waals surface area contributed by atoms with Crippen molar-refractivity contribution in [1.29, 1.82) is 0 Å². The molecule has 2 heterocycles. The number of rotatable bonds is 8. The first-order valence-corrected chi connectivity index (χ1v) is 8.19. The van der Waals surface area contributed by atoms with E-state index in [-0.39, 0.29) is 13.1 Å². The first-order valence-electron chi connectivity index (χ1n) is 8.19. The van der Waals surface area contributed by atoms with Gasteiger partial charge in [-0.25, -0.2) is 4.79 Å². The standard InChI is InChI=1S/C17H25N3O4/c1-4-12(5-2)14-9-13(24-20-14)10-18-16(21)19-11-17(3,22)15-7-6-8-23-15/h6-9,12,22H,4-5,10-11H2,1-3H3,(H2,18,19,21). The molecule has 7 heteroatoms. The molecule has 2 aromatic heterocycles. The predicted octanol–water partition coefficient (Wildman–Crippen LogP) is 2.88. The quantitative estimate of drug-likeness (QED) is 0.688. The number of carbonyl (C=O) groups excluding carboxylic acids is 1. The lowest BCUT2D eigenvalue weighted by molar-refractivity contribution is 0.0367. The highest BCUT2D eigenvalue weighted by atomic mass is 16.5. The van der Waals surface area contributed by atoms with Crippen LogP contribution in [-0.4, -0.2) is 22.8 Å². The first-order chi connectivity index (χ1) is 11.5. The molecule has 7 nitrogen and oxygen atoms in total. The van der Waals surface area contributed by atoms with Crippen molar-refractivity contribution in [2.45, 2.75) is 51.7 Å². The average molecular weight is 335 g/mol. The molecular weight excluding hydrogens is 310 g/mol. The van der Waals surface area contributed by atoms with Crippen LogP contribution in [0, 0.1) is 0 Å². The van der Waals surface area contributed by atoms with E-state index in [4.69, 9.17) is 8.94 Å². The molecule has 0 aliphatic carbocycles. The van der Waals surface area contributed by atoms with Gasteiger partial charge in [0.2, 0.25) is 0 Å². The molecule has 1 unspecified atom stereocenters. The van der Waals surface area contributed by atoms with Gasteiger partial charge in [-0.05, 0) is 31.9 Å². The Labute approximate surface area is 141 Å². The third-order valence-electron chi connectivity index (χ3n) is 4.05. The number of nitrogens with zero attached hydrogens (tertiary/aromatic N) is 1. The Morgan fingerprint density at radius 1 is 1.38 bits per heavy atom. The van der Waals surface area contributed by atoms with Gasteiger partial charge in [0.15, 0.2) is 5.76 Å². The van der Waals surface area contributed by atoms with Gasteiger partial charge in [-0.1, -0.05) is 19.0 Å². The van der Waals surface area contributed by atoms with E-state index in [0.29, 0.717) is 17.4 Å². The Morgan fingerprint density at radius 2 is 2.12 bits per heavy atom. The molecule has 0 aliphatic rings. The van der Waals surface area contributed by atoms with Gasteiger partial charge in [-0.2, -0.15) is 0 Å². The number of hydrogen-bond donors (Lipinski definition) is 3. The Bertz CT molecular complexity index is 630. The fourth-order valence-corrected chi connectivity index (χ4v) is 2.47. The van der Waals surface area contributed by atoms with Gasteiger partial charge in [-0.3, -0.25) is 0 Å². The molecule has 24 heavy (non-hydrogen) atoms. The first kappa shape index (κ1) is 18.1. The van der Waals surface area contributed by atoms with Crippen molar-refractivity contribution in [3.05, 3.63) is 41.7 Å². The molecule has 3 N–H and O–H groups in total. The predicted molar refractivity (Wildman–Crippen MR) is 88.3 cm³/mol. The van der Waals surface area contributed by atoms with E-state index in [0.717, 1.165) is 18.5 Å². The molecule has 0 fully saturated rings. The molecule has 0 aliphatic heterocycles. The van der Waals surface area contributed by atoms with E-state index in [1.807, 2.05) is 6.07 Å². The van der Waals surface area contributed by atoms with Crippen LogP contribution in [0.5, 0.6) is 0 Å². The number of furan rings is 1. The Morgan fingerprint density at radius 3 is 2.75 bits per heavy atom. The summed E-state index contributed by atoms with van der Waals surface area (Å²) in [5.74, 6) is 1.37. The molecule has 0 spiro atoms. The van der Waals surface area contributed by atoms with E-state index >= 15 is 0 Å². The molecule has 0 saturated carbocycles. The van der Waals surface area contributed by atoms with Crippen LogP contribution in [0.4, 0.5) is 4.79 Å². The van der Waals surface area contributed by atoms with Crippen molar-refractivity contribution < 1.29 is 18.8 Å². The molecular formula is C17H25N3O4. The second-order valence-electron chi connectivity index (χ2n) is 6.02. The van der Waals surface area contributed by atoms with Crippen LogP contribution in [-0.2, 0) is 12.1 Å². The lowest BCUT2D eigenvalue weighted by atomic mass is 9.99. The summed E-state index contributed by atoms with van der Waals surface area (Å²) in [7, 11) is 0. The SMILES string of the molecule is CCC(CC)c1cc(CNC(=O)NCC(C)(O)c2ccco2)on1. The second-order valence-corrected chi connectivity index (χ2v) is 6.02. The largest absolute Gasteiger partial charge is 0.466 e. The van der Waals surface area contributed by atoms with Crippen molar-refractivity contribution in [3.8, 4) is 0 Å². The van der Waals surface area contributed by atoms with Gasteiger partial charge in [0.25, 0.3) is 0 Å². The van der Waals surface area contributed by atoms with Crippen LogP contribution >= 0.6 is 0 Å². The summed E-state index contributed by atoms with van der Waals surface area (Å²) >= 11 is 0. The monoisotopic (exact) mass is 335 g/mol. The van der Waals surface area contributed by atoms with Crippen molar-refractivity contribution in [2.24, 2.45) is 0 Å². The van der Waals surface area contributed by atoms with Crippen molar-refractivity contribution in [2.75, 3.05) is 6.54 Å². The van der Waals surface area contributed by atoms with Gasteiger partial charge in [0, 0.05) is 12.0 Å². The van der Waals surface area contributed by atoms with Crippen LogP contribution in [0.3, 0.4) is 0 Å². The van der Waals surface area contributed by atoms with Crippen molar-refractivity contribution >= 4 is 6.03 Å². The van der Waals surface area contributed by atoms with E-state index in [9.17, 15) is 9.90 Å². The summed E-state index contributed by atoms with van der Waals surface area (Å²) in [6.45, 7) is 6.06. The molecule has 0 radical (unpaired) electrons. The summed E-state index contributed by atoms with van der Waals surface area (Å²) < 4.78 is 10.4. The minimum absolute atomic E-state index is 0.0295. The third kappa shape index (κ3) is 4.61. The molecule has 2 amide bonds. The number of aliphatic hydroxyl groups is 1. The second kappa shape index (κ2) is 8.01. The number of urea groups is 1. The highest BCUT2D eigenvalue weighted by molar-refractivity contribution is 5.73. The van der Waals surface area contributed by atoms with Crippen LogP contribution in [0.25, 0.3) is 0 Å². The normalized spacial score (nSPS) is 13.7. The van der Waals surface area contributed by atoms with Gasteiger partial charge in [0.05, 0.1) is 25.0 Å². The van der Waals surface area contributed by atoms with Crippen LogP contribution in [0.1, 0.15) is 56.7 Å². The molecule has 0 bridgehead atoms. The van der Waals surface area contributed by atoms with E-state index in [1.165, 1.54) is 6.26 Å². The third-order valence-corrected chi connectivity index (χ3v) is 4.05. The minimum Gasteiger partial charge on any atom is -0.466 e. The summed E-state index contributed by atoms with van der Waals surface area (Å²) in [5.41, 5.74) is -0.353. The Kier molecular flexibility index (Phi) is 6.03. The van der Waals surface area contributed by atoms with E-state index < -0.39 is 11.6 Å². The van der Waals surface area contributed by atoms with Crippen LogP contribution in [0.2, 0.25) is 0 Å². The minimum atomic E-state index is -1.27. The maximum absolute atomic E-state index is 11.9. The highest BCUT2D eigenvalue weighted by Crippen LogP contribution is 2.22. The number of nitrogens with one attached hydrogen (secondary N) is 2. The summed E-state index contributed by atoms with van der Waals surface area (Å²) in [6.07, 6.45) is 3.47. The maximum atomic E-state index is 11.9. The number of aromatic nitrogens is 1. The Balaban J connectivity index is 1.79. The highest BCUT2D eigenvalue weighted by Gasteiger charge is 2.26. The smallest absolute Gasteiger partial charge is 0.315 e. The maximum Gasteiger partial charge on any atom is 0.315 e. The van der Waals surface area contributed by atoms with E-state index in [1.54, 1.807) is 19.1 Å². The lowest BCUT2D eigenvalue weighted by Gasteiger charge is -2.21. The van der Waals surface area contributed by atoms with Crippen LogP contribution < -0.4 is 10.6 Å². The zero-order chi connectivity index (χ0) is 17.6. The van der Waals surface area contributed by atoms with Gasteiger partial charge >= 0.3 is 6.03 Å². The Hall–Kier alpha value is -2.28. The van der Waals surface area contributed by atoms with Gasteiger partial charge in [0.1, 0.15) is 11.4 Å².